The summed E-state index contributed by atoms with van der Waals surface area (Å²) in [6, 6.07) is 10.6. The highest BCUT2D eigenvalue weighted by Gasteiger charge is 2.08. The minimum atomic E-state index is -3.68. The first-order valence-corrected chi connectivity index (χ1v) is 12.1. The van der Waals surface area contributed by atoms with Crippen LogP contribution in [0.1, 0.15) is 57.3 Å². The predicted octanol–water partition coefficient (Wildman–Crippen LogP) is 3.56. The quantitative estimate of drug-likeness (QED) is 0.269. The van der Waals surface area contributed by atoms with Crippen molar-refractivity contribution >= 4 is 16.0 Å². The minimum Gasteiger partial charge on any atom is -0.469 e. The minimum absolute atomic E-state index is 0.103. The van der Waals surface area contributed by atoms with Crippen molar-refractivity contribution in [3.05, 3.63) is 54.0 Å². The number of rotatable bonds is 12. The van der Waals surface area contributed by atoms with Crippen LogP contribution in [-0.2, 0) is 23.0 Å². The van der Waals surface area contributed by atoms with Crippen molar-refractivity contribution in [1.29, 1.82) is 0 Å². The van der Waals surface area contributed by atoms with E-state index in [1.54, 1.807) is 18.4 Å². The summed E-state index contributed by atoms with van der Waals surface area (Å²) in [5.74, 6) is 1.66. The Balaban J connectivity index is 1.95. The summed E-state index contributed by atoms with van der Waals surface area (Å²) in [6.07, 6.45) is 8.46. The topological polar surface area (TPSA) is 110 Å². The van der Waals surface area contributed by atoms with E-state index < -0.39 is 10.0 Å². The van der Waals surface area contributed by atoms with Gasteiger partial charge in [0.25, 0.3) is 0 Å². The molecule has 8 heteroatoms. The van der Waals surface area contributed by atoms with Crippen LogP contribution in [0, 0.1) is 0 Å². The number of guanidine groups is 1. The number of benzene rings is 1. The lowest BCUT2D eigenvalue weighted by Crippen LogP contribution is -2.43. The van der Waals surface area contributed by atoms with Crippen LogP contribution in [0.4, 0.5) is 0 Å². The fraction of sp³-hybridized carbons (Fsp3) is 0.500. The molecule has 0 aliphatic heterocycles. The molecule has 166 valence electrons. The first-order chi connectivity index (χ1) is 14.4. The summed E-state index contributed by atoms with van der Waals surface area (Å²) in [7, 11) is -3.68. The molecule has 0 radical (unpaired) electrons. The molecule has 1 unspecified atom stereocenters. The molecule has 0 saturated heterocycles. The lowest BCUT2D eigenvalue weighted by molar-refractivity contribution is 0.504. The third kappa shape index (κ3) is 9.00. The van der Waals surface area contributed by atoms with E-state index in [9.17, 15) is 8.42 Å². The fourth-order valence-electron chi connectivity index (χ4n) is 3.05. The van der Waals surface area contributed by atoms with Crippen LogP contribution in [0.15, 0.2) is 57.0 Å². The molecule has 0 fully saturated rings. The highest BCUT2D eigenvalue weighted by atomic mass is 32.2. The van der Waals surface area contributed by atoms with Gasteiger partial charge in [0.15, 0.2) is 5.96 Å². The average Bonchev–Trinajstić information content (AvgIpc) is 3.22. The molecular weight excluding hydrogens is 400 g/mol. The van der Waals surface area contributed by atoms with Gasteiger partial charge in [-0.05, 0) is 43.2 Å². The largest absolute Gasteiger partial charge is 0.469 e. The Morgan fingerprint density at radius 2 is 1.93 bits per heavy atom. The third-order valence-electron chi connectivity index (χ3n) is 4.79. The number of nitrogens with zero attached hydrogens (tertiary/aromatic N) is 1. The fourth-order valence-corrected chi connectivity index (χ4v) is 3.56. The Morgan fingerprint density at radius 3 is 2.57 bits per heavy atom. The molecule has 1 aromatic heterocycles. The first-order valence-electron chi connectivity index (χ1n) is 10.6. The summed E-state index contributed by atoms with van der Waals surface area (Å²) >= 11 is 0. The second-order valence-electron chi connectivity index (χ2n) is 7.50. The van der Waals surface area contributed by atoms with Gasteiger partial charge in [0, 0.05) is 19.0 Å². The van der Waals surface area contributed by atoms with Crippen molar-refractivity contribution in [2.24, 2.45) is 10.1 Å². The van der Waals surface area contributed by atoms with E-state index in [1.807, 2.05) is 12.1 Å². The predicted molar refractivity (Wildman–Crippen MR) is 121 cm³/mol. The SMILES string of the molecule is CCCCCCC(C)NC(=NCc1ccc(S(N)(=O)=O)cc1)NCCc1ccco1. The molecule has 0 amide bonds. The van der Waals surface area contributed by atoms with Gasteiger partial charge in [-0.25, -0.2) is 18.5 Å². The number of primary sulfonamides is 1. The van der Waals surface area contributed by atoms with Crippen molar-refractivity contribution in [2.75, 3.05) is 6.54 Å². The van der Waals surface area contributed by atoms with Gasteiger partial charge in [-0.2, -0.15) is 0 Å². The summed E-state index contributed by atoms with van der Waals surface area (Å²) in [6.45, 7) is 5.51. The molecule has 0 saturated carbocycles. The number of hydrogen-bond acceptors (Lipinski definition) is 4. The number of sulfonamides is 1. The van der Waals surface area contributed by atoms with Crippen molar-refractivity contribution in [1.82, 2.24) is 10.6 Å². The average molecular weight is 435 g/mol. The van der Waals surface area contributed by atoms with Gasteiger partial charge < -0.3 is 15.1 Å². The van der Waals surface area contributed by atoms with Crippen LogP contribution < -0.4 is 15.8 Å². The van der Waals surface area contributed by atoms with Crippen LogP contribution in [0.5, 0.6) is 0 Å². The smallest absolute Gasteiger partial charge is 0.238 e. The molecular formula is C22H34N4O3S. The Hall–Kier alpha value is -2.32. The third-order valence-corrected chi connectivity index (χ3v) is 5.72. The second-order valence-corrected chi connectivity index (χ2v) is 9.07. The number of unbranched alkanes of at least 4 members (excludes halogenated alkanes) is 3. The molecule has 0 bridgehead atoms. The molecule has 1 atom stereocenters. The molecule has 0 aliphatic carbocycles. The summed E-state index contributed by atoms with van der Waals surface area (Å²) in [5, 5.41) is 12.0. The molecule has 1 heterocycles. The Labute approximate surface area is 180 Å². The van der Waals surface area contributed by atoms with Gasteiger partial charge in [0.1, 0.15) is 5.76 Å². The number of nitrogens with two attached hydrogens (primary N) is 1. The number of hydrogen-bond donors (Lipinski definition) is 3. The molecule has 2 aromatic rings. The second kappa shape index (κ2) is 12.4. The normalized spacial score (nSPS) is 13.2. The van der Waals surface area contributed by atoms with Gasteiger partial charge in [0.2, 0.25) is 10.0 Å². The zero-order chi connectivity index (χ0) is 21.8. The Kier molecular flexibility index (Phi) is 9.89. The van der Waals surface area contributed by atoms with Crippen LogP contribution in [0.3, 0.4) is 0 Å². The standard InChI is InChI=1S/C22H34N4O3S/c1-3-4-5-6-8-18(2)26-22(24-15-14-20-9-7-16-29-20)25-17-19-10-12-21(13-11-19)30(23,27)28/h7,9-13,16,18H,3-6,8,14-15,17H2,1-2H3,(H2,23,27,28)(H2,24,25,26). The molecule has 1 aromatic carbocycles. The highest BCUT2D eigenvalue weighted by Crippen LogP contribution is 2.10. The van der Waals surface area contributed by atoms with Crippen molar-refractivity contribution in [2.45, 2.75) is 69.9 Å². The van der Waals surface area contributed by atoms with Crippen molar-refractivity contribution in [3.8, 4) is 0 Å². The van der Waals surface area contributed by atoms with Crippen LogP contribution >= 0.6 is 0 Å². The zero-order valence-electron chi connectivity index (χ0n) is 17.9. The number of nitrogens with one attached hydrogen (secondary N) is 2. The van der Waals surface area contributed by atoms with Crippen molar-refractivity contribution < 1.29 is 12.8 Å². The summed E-state index contributed by atoms with van der Waals surface area (Å²) in [5.41, 5.74) is 0.908. The maximum atomic E-state index is 11.4. The Morgan fingerprint density at radius 1 is 1.17 bits per heavy atom. The van der Waals surface area contributed by atoms with Crippen molar-refractivity contribution in [3.63, 3.8) is 0 Å². The maximum Gasteiger partial charge on any atom is 0.238 e. The van der Waals surface area contributed by atoms with E-state index in [0.717, 1.165) is 30.1 Å². The lowest BCUT2D eigenvalue weighted by Gasteiger charge is -2.18. The summed E-state index contributed by atoms with van der Waals surface area (Å²) in [4.78, 5) is 4.77. The van der Waals surface area contributed by atoms with E-state index in [1.165, 1.54) is 37.8 Å². The molecule has 0 aliphatic rings. The van der Waals surface area contributed by atoms with Gasteiger partial charge in [-0.15, -0.1) is 0 Å². The zero-order valence-corrected chi connectivity index (χ0v) is 18.7. The van der Waals surface area contributed by atoms with E-state index in [2.05, 4.69) is 29.5 Å². The van der Waals surface area contributed by atoms with Gasteiger partial charge >= 0.3 is 0 Å². The Bertz CT molecular complexity index is 862. The maximum absolute atomic E-state index is 11.4. The van der Waals surface area contributed by atoms with E-state index in [0.29, 0.717) is 19.1 Å². The highest BCUT2D eigenvalue weighted by molar-refractivity contribution is 7.89. The van der Waals surface area contributed by atoms with E-state index in [-0.39, 0.29) is 4.90 Å². The molecule has 7 nitrogen and oxygen atoms in total. The van der Waals surface area contributed by atoms with Crippen LogP contribution in [0.2, 0.25) is 0 Å². The molecule has 2 rings (SSSR count). The van der Waals surface area contributed by atoms with Crippen LogP contribution in [0.25, 0.3) is 0 Å². The summed E-state index contributed by atoms with van der Waals surface area (Å²) < 4.78 is 28.2. The van der Waals surface area contributed by atoms with Gasteiger partial charge in [-0.1, -0.05) is 44.7 Å². The molecule has 0 spiro atoms. The lowest BCUT2D eigenvalue weighted by atomic mass is 10.1. The monoisotopic (exact) mass is 434 g/mol. The van der Waals surface area contributed by atoms with E-state index in [4.69, 9.17) is 9.56 Å². The van der Waals surface area contributed by atoms with Crippen LogP contribution in [-0.4, -0.2) is 27.0 Å². The van der Waals surface area contributed by atoms with Gasteiger partial charge in [-0.3, -0.25) is 0 Å². The van der Waals surface area contributed by atoms with E-state index >= 15 is 0 Å². The molecule has 30 heavy (non-hydrogen) atoms. The number of aliphatic imine (C=N–C) groups is 1. The van der Waals surface area contributed by atoms with Gasteiger partial charge in [0.05, 0.1) is 17.7 Å². The number of furan rings is 1. The first kappa shape index (κ1) is 24.0. The molecule has 4 N–H and O–H groups in total.